The number of ether oxygens (including phenoxy) is 1. The number of carbonyl (C=O) groups excluding carboxylic acids is 1. The van der Waals surface area contributed by atoms with Gasteiger partial charge in [-0.3, -0.25) is 4.79 Å². The number of amides is 1. The Hall–Kier alpha value is -1.55. The number of nitrogens with one attached hydrogen (secondary N) is 1. The van der Waals surface area contributed by atoms with Crippen LogP contribution in [0.15, 0.2) is 24.3 Å². The topological polar surface area (TPSA) is 41.6 Å². The van der Waals surface area contributed by atoms with Crippen molar-refractivity contribution >= 4 is 5.91 Å². The first-order valence-corrected chi connectivity index (χ1v) is 8.86. The zero-order valence-corrected chi connectivity index (χ0v) is 13.9. The summed E-state index contributed by atoms with van der Waals surface area (Å²) in [5, 5.41) is 3.42. The maximum atomic E-state index is 13.1. The van der Waals surface area contributed by atoms with Gasteiger partial charge in [0.25, 0.3) is 0 Å². The Balaban J connectivity index is 1.44. The number of nitrogens with zero attached hydrogens (tertiary/aromatic N) is 1. The van der Waals surface area contributed by atoms with Crippen molar-refractivity contribution in [1.82, 2.24) is 10.2 Å². The summed E-state index contributed by atoms with van der Waals surface area (Å²) >= 11 is 0. The predicted molar refractivity (Wildman–Crippen MR) is 89.2 cm³/mol. The fourth-order valence-electron chi connectivity index (χ4n) is 4.08. The normalized spacial score (nSPS) is 25.2. The predicted octanol–water partition coefficient (Wildman–Crippen LogP) is 2.58. The molecule has 0 radical (unpaired) electrons. The molecule has 4 nitrogen and oxygen atoms in total. The highest BCUT2D eigenvalue weighted by Crippen LogP contribution is 2.59. The third-order valence-corrected chi connectivity index (χ3v) is 5.87. The van der Waals surface area contributed by atoms with Crippen LogP contribution in [0.4, 0.5) is 0 Å². The van der Waals surface area contributed by atoms with Gasteiger partial charge in [-0.2, -0.15) is 0 Å². The van der Waals surface area contributed by atoms with Crippen molar-refractivity contribution in [3.05, 3.63) is 29.8 Å². The number of hydrogen-bond acceptors (Lipinski definition) is 3. The fraction of sp³-hybridized carbons (Fsp3) is 0.632. The molecule has 1 unspecified atom stereocenters. The molecule has 3 fully saturated rings. The third-order valence-electron chi connectivity index (χ3n) is 5.87. The van der Waals surface area contributed by atoms with E-state index in [0.717, 1.165) is 31.8 Å². The first-order chi connectivity index (χ1) is 11.2. The van der Waals surface area contributed by atoms with E-state index in [9.17, 15) is 4.79 Å². The van der Waals surface area contributed by atoms with Crippen molar-refractivity contribution in [3.8, 4) is 5.75 Å². The monoisotopic (exact) mass is 314 g/mol. The summed E-state index contributed by atoms with van der Waals surface area (Å²) < 4.78 is 5.22. The first-order valence-electron chi connectivity index (χ1n) is 8.86. The lowest BCUT2D eigenvalue weighted by Gasteiger charge is -2.27. The van der Waals surface area contributed by atoms with Gasteiger partial charge in [0.2, 0.25) is 5.91 Å². The Bertz CT molecular complexity index is 574. The number of benzene rings is 1. The molecular weight excluding hydrogens is 288 g/mol. The molecular formula is C19H26N2O2. The molecule has 1 N–H and O–H groups in total. The molecule has 23 heavy (non-hydrogen) atoms. The summed E-state index contributed by atoms with van der Waals surface area (Å²) in [6, 6.07) is 8.60. The minimum atomic E-state index is 0.281. The highest BCUT2D eigenvalue weighted by Gasteiger charge is 2.59. The average molecular weight is 314 g/mol. The van der Waals surface area contributed by atoms with E-state index in [4.69, 9.17) is 4.74 Å². The molecule has 1 aromatic carbocycles. The summed E-state index contributed by atoms with van der Waals surface area (Å²) in [6.07, 6.45) is 5.79. The largest absolute Gasteiger partial charge is 0.497 e. The molecule has 2 aliphatic carbocycles. The molecule has 1 saturated heterocycles. The van der Waals surface area contributed by atoms with Gasteiger partial charge in [-0.1, -0.05) is 12.1 Å². The molecule has 4 heteroatoms. The SMILES string of the molecule is COc1ccc(CN(C(=O)C2CC23CCNCC3)C2CC2)cc1. The van der Waals surface area contributed by atoms with E-state index >= 15 is 0 Å². The summed E-state index contributed by atoms with van der Waals surface area (Å²) in [6.45, 7) is 2.90. The molecule has 124 valence electrons. The van der Waals surface area contributed by atoms with Crippen LogP contribution in [0, 0.1) is 11.3 Å². The molecule has 0 bridgehead atoms. The highest BCUT2D eigenvalue weighted by atomic mass is 16.5. The fourth-order valence-corrected chi connectivity index (χ4v) is 4.08. The van der Waals surface area contributed by atoms with E-state index in [1.165, 1.54) is 31.2 Å². The molecule has 0 aromatic heterocycles. The van der Waals surface area contributed by atoms with Gasteiger partial charge >= 0.3 is 0 Å². The van der Waals surface area contributed by atoms with E-state index in [1.807, 2.05) is 12.1 Å². The van der Waals surface area contributed by atoms with E-state index in [1.54, 1.807) is 7.11 Å². The van der Waals surface area contributed by atoms with Gasteiger partial charge in [-0.05, 0) is 68.3 Å². The van der Waals surface area contributed by atoms with Crippen LogP contribution < -0.4 is 10.1 Å². The number of carbonyl (C=O) groups is 1. The Morgan fingerprint density at radius 2 is 1.96 bits per heavy atom. The van der Waals surface area contributed by atoms with E-state index in [-0.39, 0.29) is 5.92 Å². The van der Waals surface area contributed by atoms with Crippen LogP contribution in [0.5, 0.6) is 5.75 Å². The van der Waals surface area contributed by atoms with Gasteiger partial charge in [0.1, 0.15) is 5.75 Å². The number of methoxy groups -OCH3 is 1. The quantitative estimate of drug-likeness (QED) is 0.908. The molecule has 1 spiro atoms. The highest BCUT2D eigenvalue weighted by molar-refractivity contribution is 5.83. The first kappa shape index (κ1) is 15.0. The lowest BCUT2D eigenvalue weighted by molar-refractivity contribution is -0.134. The van der Waals surface area contributed by atoms with Crippen molar-refractivity contribution < 1.29 is 9.53 Å². The maximum Gasteiger partial charge on any atom is 0.226 e. The summed E-state index contributed by atoms with van der Waals surface area (Å²) in [7, 11) is 1.68. The summed E-state index contributed by atoms with van der Waals surface area (Å²) in [5.74, 6) is 1.56. The van der Waals surface area contributed by atoms with Crippen molar-refractivity contribution in [2.24, 2.45) is 11.3 Å². The number of piperidine rings is 1. The Morgan fingerprint density at radius 1 is 1.26 bits per heavy atom. The van der Waals surface area contributed by atoms with Crippen LogP contribution >= 0.6 is 0 Å². The van der Waals surface area contributed by atoms with Crippen LogP contribution in [-0.2, 0) is 11.3 Å². The standard InChI is InChI=1S/C19H26N2O2/c1-23-16-6-2-14(3-7-16)13-21(15-4-5-15)18(22)17-12-19(17)8-10-20-11-9-19/h2-3,6-7,15,17,20H,4-5,8-13H2,1H3. The zero-order chi connectivity index (χ0) is 15.9. The molecule has 1 amide bonds. The summed E-state index contributed by atoms with van der Waals surface area (Å²) in [5.41, 5.74) is 1.53. The van der Waals surface area contributed by atoms with Gasteiger partial charge < -0.3 is 15.0 Å². The summed E-state index contributed by atoms with van der Waals surface area (Å²) in [4.78, 5) is 15.2. The molecule has 1 atom stereocenters. The van der Waals surface area contributed by atoms with E-state index < -0.39 is 0 Å². The van der Waals surface area contributed by atoms with Gasteiger partial charge in [0.15, 0.2) is 0 Å². The van der Waals surface area contributed by atoms with Gasteiger partial charge in [-0.15, -0.1) is 0 Å². The second-order valence-electron chi connectivity index (χ2n) is 7.41. The Labute approximate surface area is 138 Å². The third kappa shape index (κ3) is 2.97. The van der Waals surface area contributed by atoms with Crippen molar-refractivity contribution in [2.45, 2.75) is 44.7 Å². The van der Waals surface area contributed by atoms with Gasteiger partial charge in [-0.25, -0.2) is 0 Å². The molecule has 1 aliphatic heterocycles. The maximum absolute atomic E-state index is 13.1. The number of rotatable bonds is 5. The minimum Gasteiger partial charge on any atom is -0.497 e. The van der Waals surface area contributed by atoms with Crippen molar-refractivity contribution in [1.29, 1.82) is 0 Å². The van der Waals surface area contributed by atoms with Crippen LogP contribution in [0.3, 0.4) is 0 Å². The Morgan fingerprint density at radius 3 is 2.57 bits per heavy atom. The second-order valence-corrected chi connectivity index (χ2v) is 7.41. The van der Waals surface area contributed by atoms with E-state index in [2.05, 4.69) is 22.3 Å². The van der Waals surface area contributed by atoms with Crippen molar-refractivity contribution in [3.63, 3.8) is 0 Å². The minimum absolute atomic E-state index is 0.281. The van der Waals surface area contributed by atoms with Crippen LogP contribution in [0.1, 0.15) is 37.7 Å². The van der Waals surface area contributed by atoms with E-state index in [0.29, 0.717) is 17.4 Å². The molecule has 2 saturated carbocycles. The lowest BCUT2D eigenvalue weighted by Crippen LogP contribution is -2.37. The smallest absolute Gasteiger partial charge is 0.226 e. The van der Waals surface area contributed by atoms with Gasteiger partial charge in [0, 0.05) is 18.5 Å². The zero-order valence-electron chi connectivity index (χ0n) is 13.9. The lowest BCUT2D eigenvalue weighted by atomic mass is 9.91. The average Bonchev–Trinajstić information content (AvgIpc) is 3.50. The second kappa shape index (κ2) is 5.82. The van der Waals surface area contributed by atoms with Crippen LogP contribution in [0.2, 0.25) is 0 Å². The molecule has 1 heterocycles. The van der Waals surface area contributed by atoms with Crippen LogP contribution in [-0.4, -0.2) is 37.0 Å². The Kier molecular flexibility index (Phi) is 3.80. The van der Waals surface area contributed by atoms with Crippen molar-refractivity contribution in [2.75, 3.05) is 20.2 Å². The molecule has 1 aromatic rings. The molecule has 4 rings (SSSR count). The number of hydrogen-bond donors (Lipinski definition) is 1. The van der Waals surface area contributed by atoms with Crippen LogP contribution in [0.25, 0.3) is 0 Å². The van der Waals surface area contributed by atoms with Gasteiger partial charge in [0.05, 0.1) is 7.11 Å². The molecule has 3 aliphatic rings.